The van der Waals surface area contributed by atoms with E-state index in [1.54, 1.807) is 25.2 Å². The van der Waals surface area contributed by atoms with Gasteiger partial charge in [0.15, 0.2) is 5.58 Å². The van der Waals surface area contributed by atoms with Crippen LogP contribution in [0.15, 0.2) is 51.7 Å². The van der Waals surface area contributed by atoms with Gasteiger partial charge in [0.1, 0.15) is 0 Å². The molecule has 6 heteroatoms. The Morgan fingerprint density at radius 2 is 1.88 bits per heavy atom. The van der Waals surface area contributed by atoms with Gasteiger partial charge in [-0.25, -0.2) is 9.59 Å². The molecule has 0 unspecified atom stereocenters. The molecule has 1 atom stereocenters. The maximum Gasteiger partial charge on any atom is 0.419 e. The van der Waals surface area contributed by atoms with Crippen LogP contribution in [0.5, 0.6) is 0 Å². The molecule has 1 heterocycles. The first-order valence-corrected chi connectivity index (χ1v) is 7.68. The van der Waals surface area contributed by atoms with Crippen LogP contribution in [-0.4, -0.2) is 10.6 Å². The van der Waals surface area contributed by atoms with Gasteiger partial charge in [-0.05, 0) is 37.6 Å². The third-order valence-electron chi connectivity index (χ3n) is 3.97. The number of amides is 2. The molecule has 0 saturated carbocycles. The number of rotatable bonds is 3. The molecule has 0 bridgehead atoms. The fourth-order valence-electron chi connectivity index (χ4n) is 2.51. The Kier molecular flexibility index (Phi) is 4.12. The summed E-state index contributed by atoms with van der Waals surface area (Å²) >= 11 is 0. The third kappa shape index (κ3) is 3.17. The quantitative estimate of drug-likeness (QED) is 0.775. The Morgan fingerprint density at radius 1 is 1.17 bits per heavy atom. The van der Waals surface area contributed by atoms with Crippen LogP contribution < -0.4 is 16.4 Å². The van der Waals surface area contributed by atoms with Crippen molar-refractivity contribution in [3.05, 3.63) is 64.1 Å². The van der Waals surface area contributed by atoms with Crippen LogP contribution in [0.4, 0.5) is 10.5 Å². The Balaban J connectivity index is 1.71. The number of aryl methyl sites for hydroxylation is 2. The molecule has 24 heavy (non-hydrogen) atoms. The summed E-state index contributed by atoms with van der Waals surface area (Å²) in [4.78, 5) is 23.7. The summed E-state index contributed by atoms with van der Waals surface area (Å²) in [7, 11) is 1.62. The van der Waals surface area contributed by atoms with E-state index in [-0.39, 0.29) is 12.1 Å². The van der Waals surface area contributed by atoms with Gasteiger partial charge in [-0.3, -0.25) is 4.57 Å². The summed E-state index contributed by atoms with van der Waals surface area (Å²) in [5, 5.41) is 5.67. The van der Waals surface area contributed by atoms with E-state index in [2.05, 4.69) is 10.6 Å². The van der Waals surface area contributed by atoms with Gasteiger partial charge in [-0.15, -0.1) is 0 Å². The highest BCUT2D eigenvalue weighted by Crippen LogP contribution is 2.18. The lowest BCUT2D eigenvalue weighted by Gasteiger charge is -2.15. The molecule has 0 radical (unpaired) electrons. The summed E-state index contributed by atoms with van der Waals surface area (Å²) in [6, 6.07) is 12.6. The number of benzene rings is 2. The first-order valence-electron chi connectivity index (χ1n) is 7.68. The van der Waals surface area contributed by atoms with Crippen molar-refractivity contribution in [3.8, 4) is 0 Å². The predicted molar refractivity (Wildman–Crippen MR) is 93.2 cm³/mol. The molecule has 124 valence electrons. The van der Waals surface area contributed by atoms with Crippen LogP contribution >= 0.6 is 0 Å². The number of hydrogen-bond donors (Lipinski definition) is 2. The van der Waals surface area contributed by atoms with Gasteiger partial charge in [0.25, 0.3) is 0 Å². The molecule has 3 rings (SSSR count). The van der Waals surface area contributed by atoms with Crippen molar-refractivity contribution < 1.29 is 9.21 Å². The van der Waals surface area contributed by atoms with Crippen LogP contribution in [0.25, 0.3) is 11.1 Å². The van der Waals surface area contributed by atoms with Crippen molar-refractivity contribution >= 4 is 22.8 Å². The number of carbonyl (C=O) groups excluding carboxylic acids is 1. The number of anilines is 1. The molecular weight excluding hydrogens is 306 g/mol. The zero-order chi connectivity index (χ0) is 17.3. The fourth-order valence-corrected chi connectivity index (χ4v) is 2.51. The Morgan fingerprint density at radius 3 is 2.58 bits per heavy atom. The van der Waals surface area contributed by atoms with Crippen LogP contribution in [0, 0.1) is 6.92 Å². The number of oxazole rings is 1. The van der Waals surface area contributed by atoms with E-state index in [0.717, 1.165) is 5.56 Å². The van der Waals surface area contributed by atoms with E-state index in [0.29, 0.717) is 16.8 Å². The van der Waals surface area contributed by atoms with Gasteiger partial charge in [-0.2, -0.15) is 0 Å². The summed E-state index contributed by atoms with van der Waals surface area (Å²) in [6.07, 6.45) is 0. The first-order chi connectivity index (χ1) is 11.4. The first kappa shape index (κ1) is 15.9. The minimum atomic E-state index is -0.431. The number of urea groups is 1. The summed E-state index contributed by atoms with van der Waals surface area (Å²) in [5.41, 5.74) is 3.91. The second-order valence-corrected chi connectivity index (χ2v) is 5.84. The second-order valence-electron chi connectivity index (χ2n) is 5.84. The van der Waals surface area contributed by atoms with Crippen molar-refractivity contribution in [2.75, 3.05) is 5.32 Å². The Bertz CT molecular complexity index is 938. The largest absolute Gasteiger partial charge is 0.419 e. The molecule has 0 spiro atoms. The number of fused-ring (bicyclic) bond motifs is 1. The second kappa shape index (κ2) is 6.23. The number of nitrogens with one attached hydrogen (secondary N) is 2. The number of aromatic nitrogens is 1. The van der Waals surface area contributed by atoms with Crippen molar-refractivity contribution in [2.24, 2.45) is 7.05 Å². The minimum absolute atomic E-state index is 0.118. The van der Waals surface area contributed by atoms with Gasteiger partial charge < -0.3 is 15.1 Å². The van der Waals surface area contributed by atoms with Crippen LogP contribution in [0.1, 0.15) is 24.1 Å². The van der Waals surface area contributed by atoms with E-state index < -0.39 is 5.76 Å². The molecule has 3 aromatic rings. The highest BCUT2D eigenvalue weighted by Gasteiger charge is 2.11. The Hall–Kier alpha value is -3.02. The summed E-state index contributed by atoms with van der Waals surface area (Å²) in [6.45, 7) is 3.95. The molecule has 1 aromatic heterocycles. The molecule has 0 fully saturated rings. The highest BCUT2D eigenvalue weighted by molar-refractivity contribution is 5.91. The van der Waals surface area contributed by atoms with Gasteiger partial charge in [0.2, 0.25) is 0 Å². The van der Waals surface area contributed by atoms with Gasteiger partial charge in [0, 0.05) is 12.7 Å². The standard InChI is InChI=1S/C18H19N3O3/c1-11-4-6-13(7-5-11)12(2)19-17(22)20-14-8-9-16-15(10-14)21(3)18(23)24-16/h4-10,12H,1-3H3,(H2,19,20,22)/t12-/m0/s1. The number of hydrogen-bond acceptors (Lipinski definition) is 3. The summed E-state index contributed by atoms with van der Waals surface area (Å²) < 4.78 is 6.47. The third-order valence-corrected chi connectivity index (χ3v) is 3.97. The van der Waals surface area contributed by atoms with Gasteiger partial charge in [-0.1, -0.05) is 29.8 Å². The zero-order valence-corrected chi connectivity index (χ0v) is 13.8. The number of nitrogens with zero attached hydrogens (tertiary/aromatic N) is 1. The maximum atomic E-state index is 12.2. The average molecular weight is 325 g/mol. The average Bonchev–Trinajstić information content (AvgIpc) is 2.82. The van der Waals surface area contributed by atoms with Crippen molar-refractivity contribution in [3.63, 3.8) is 0 Å². The lowest BCUT2D eigenvalue weighted by molar-refractivity contribution is 0.249. The van der Waals surface area contributed by atoms with Crippen molar-refractivity contribution in [1.29, 1.82) is 0 Å². The van der Waals surface area contributed by atoms with Crippen LogP contribution in [0.2, 0.25) is 0 Å². The normalized spacial score (nSPS) is 12.1. The zero-order valence-electron chi connectivity index (χ0n) is 13.8. The predicted octanol–water partition coefficient (Wildman–Crippen LogP) is 3.32. The van der Waals surface area contributed by atoms with E-state index in [1.165, 1.54) is 10.1 Å². The topological polar surface area (TPSA) is 76.3 Å². The van der Waals surface area contributed by atoms with Crippen LogP contribution in [-0.2, 0) is 7.05 Å². The summed E-state index contributed by atoms with van der Waals surface area (Å²) in [5.74, 6) is -0.431. The van der Waals surface area contributed by atoms with Crippen LogP contribution in [0.3, 0.4) is 0 Å². The van der Waals surface area contributed by atoms with Crippen molar-refractivity contribution in [1.82, 2.24) is 9.88 Å². The molecule has 2 N–H and O–H groups in total. The lowest BCUT2D eigenvalue weighted by Crippen LogP contribution is -2.31. The fraction of sp³-hybridized carbons (Fsp3) is 0.222. The number of carbonyl (C=O) groups is 1. The van der Waals surface area contributed by atoms with Gasteiger partial charge >= 0.3 is 11.8 Å². The highest BCUT2D eigenvalue weighted by atomic mass is 16.4. The van der Waals surface area contributed by atoms with E-state index in [1.807, 2.05) is 38.1 Å². The molecule has 0 saturated heterocycles. The SMILES string of the molecule is Cc1ccc([C@H](C)NC(=O)Nc2ccc3oc(=O)n(C)c3c2)cc1. The molecule has 0 aliphatic heterocycles. The van der Waals surface area contributed by atoms with Crippen molar-refractivity contribution in [2.45, 2.75) is 19.9 Å². The molecule has 0 aliphatic carbocycles. The molecular formula is C18H19N3O3. The molecule has 2 aromatic carbocycles. The monoisotopic (exact) mass is 325 g/mol. The van der Waals surface area contributed by atoms with E-state index in [9.17, 15) is 9.59 Å². The Labute approximate surface area is 139 Å². The van der Waals surface area contributed by atoms with E-state index in [4.69, 9.17) is 4.42 Å². The smallest absolute Gasteiger partial charge is 0.408 e. The van der Waals surface area contributed by atoms with E-state index >= 15 is 0 Å². The minimum Gasteiger partial charge on any atom is -0.408 e. The van der Waals surface area contributed by atoms with Gasteiger partial charge in [0.05, 0.1) is 11.6 Å². The lowest BCUT2D eigenvalue weighted by atomic mass is 10.1. The molecule has 6 nitrogen and oxygen atoms in total. The molecule has 0 aliphatic rings. The maximum absolute atomic E-state index is 12.2. The molecule has 2 amide bonds.